The highest BCUT2D eigenvalue weighted by molar-refractivity contribution is 7.99. The van der Waals surface area contributed by atoms with Crippen LogP contribution in [0.15, 0.2) is 70.6 Å². The molecule has 0 radical (unpaired) electrons. The Morgan fingerprint density at radius 2 is 1.90 bits per heavy atom. The molecule has 30 heavy (non-hydrogen) atoms. The van der Waals surface area contributed by atoms with Crippen molar-refractivity contribution in [3.05, 3.63) is 71.0 Å². The number of rotatable bonds is 8. The maximum atomic E-state index is 13.3. The van der Waals surface area contributed by atoms with Gasteiger partial charge < -0.3 is 9.64 Å². The van der Waals surface area contributed by atoms with E-state index >= 15 is 0 Å². The fourth-order valence-corrected chi connectivity index (χ4v) is 4.00. The number of para-hydroxylation sites is 1. The maximum Gasteiger partial charge on any atom is 0.266 e. The number of likely N-dealkylation sites (N-methyl/N-ethyl adjacent to an activating group) is 1. The van der Waals surface area contributed by atoms with Gasteiger partial charge in [0.25, 0.3) is 5.56 Å². The molecule has 0 aliphatic rings. The smallest absolute Gasteiger partial charge is 0.266 e. The van der Waals surface area contributed by atoms with Crippen molar-refractivity contribution in [3.8, 4) is 11.4 Å². The first kappa shape index (κ1) is 21.6. The van der Waals surface area contributed by atoms with Gasteiger partial charge in [-0.25, -0.2) is 4.98 Å². The van der Waals surface area contributed by atoms with Crippen molar-refractivity contribution in [1.29, 1.82) is 0 Å². The Hall–Kier alpha value is -3.06. The van der Waals surface area contributed by atoms with Gasteiger partial charge in [0.15, 0.2) is 5.16 Å². The van der Waals surface area contributed by atoms with E-state index in [4.69, 9.17) is 4.74 Å². The Labute approximate surface area is 180 Å². The van der Waals surface area contributed by atoms with Gasteiger partial charge in [0.05, 0.1) is 29.5 Å². The molecule has 3 aromatic rings. The highest BCUT2D eigenvalue weighted by atomic mass is 32.2. The van der Waals surface area contributed by atoms with E-state index in [1.54, 1.807) is 40.8 Å². The number of hydrogen-bond acceptors (Lipinski definition) is 5. The van der Waals surface area contributed by atoms with E-state index in [0.29, 0.717) is 40.6 Å². The van der Waals surface area contributed by atoms with Gasteiger partial charge in [0.2, 0.25) is 5.91 Å². The molecule has 0 N–H and O–H groups in total. The number of thioether (sulfide) groups is 1. The average molecular weight is 424 g/mol. The third kappa shape index (κ3) is 4.74. The van der Waals surface area contributed by atoms with Crippen LogP contribution in [0.1, 0.15) is 13.8 Å². The van der Waals surface area contributed by atoms with E-state index in [-0.39, 0.29) is 17.2 Å². The fraction of sp³-hybridized carbons (Fsp3) is 0.261. The Kier molecular flexibility index (Phi) is 6.95. The summed E-state index contributed by atoms with van der Waals surface area (Å²) in [7, 11) is 1.59. The van der Waals surface area contributed by atoms with Crippen molar-refractivity contribution in [2.45, 2.75) is 19.0 Å². The topological polar surface area (TPSA) is 64.4 Å². The van der Waals surface area contributed by atoms with Gasteiger partial charge in [-0.2, -0.15) is 0 Å². The van der Waals surface area contributed by atoms with Crippen LogP contribution in [0.4, 0.5) is 0 Å². The summed E-state index contributed by atoms with van der Waals surface area (Å²) in [5.74, 6) is 0.861. The number of carbonyl (C=O) groups is 1. The summed E-state index contributed by atoms with van der Waals surface area (Å²) in [5, 5.41) is 1.00. The summed E-state index contributed by atoms with van der Waals surface area (Å²) in [6.07, 6.45) is 0. The van der Waals surface area contributed by atoms with Crippen molar-refractivity contribution < 1.29 is 9.53 Å². The van der Waals surface area contributed by atoms with Gasteiger partial charge in [-0.3, -0.25) is 14.2 Å². The number of ether oxygens (including phenoxy) is 1. The molecular formula is C23H25N3O3S. The molecule has 0 saturated heterocycles. The second-order valence-corrected chi connectivity index (χ2v) is 7.85. The van der Waals surface area contributed by atoms with Crippen molar-refractivity contribution in [2.24, 2.45) is 0 Å². The third-order valence-electron chi connectivity index (χ3n) is 4.60. The lowest BCUT2D eigenvalue weighted by Crippen LogP contribution is -2.33. The van der Waals surface area contributed by atoms with Crippen LogP contribution in [0, 0.1) is 0 Å². The first-order valence-electron chi connectivity index (χ1n) is 9.65. The molecule has 0 aliphatic carbocycles. The standard InChI is InChI=1S/C23H25N3O3S/c1-5-25(14-16(2)3)21(27)15-30-23-24-20-9-7-6-8-19(20)22(28)26(23)17-10-12-18(29-4)13-11-17/h6-13H,2,5,14-15H2,1,3-4H3. The molecule has 1 aromatic heterocycles. The number of benzene rings is 2. The summed E-state index contributed by atoms with van der Waals surface area (Å²) in [6.45, 7) is 8.84. The average Bonchev–Trinajstić information content (AvgIpc) is 2.76. The number of fused-ring (bicyclic) bond motifs is 1. The molecule has 1 heterocycles. The first-order valence-corrected chi connectivity index (χ1v) is 10.6. The Morgan fingerprint density at radius 1 is 1.20 bits per heavy atom. The highest BCUT2D eigenvalue weighted by Crippen LogP contribution is 2.23. The molecule has 0 saturated carbocycles. The van der Waals surface area contributed by atoms with Crippen LogP contribution in [0.5, 0.6) is 5.75 Å². The second kappa shape index (κ2) is 9.63. The summed E-state index contributed by atoms with van der Waals surface area (Å²) in [6, 6.07) is 14.4. The molecule has 2 aromatic carbocycles. The van der Waals surface area contributed by atoms with E-state index in [9.17, 15) is 9.59 Å². The zero-order chi connectivity index (χ0) is 21.7. The van der Waals surface area contributed by atoms with Gasteiger partial charge in [-0.15, -0.1) is 0 Å². The van der Waals surface area contributed by atoms with Gasteiger partial charge in [0.1, 0.15) is 5.75 Å². The van der Waals surface area contributed by atoms with Crippen molar-refractivity contribution in [3.63, 3.8) is 0 Å². The first-order chi connectivity index (χ1) is 14.4. The Morgan fingerprint density at radius 3 is 2.53 bits per heavy atom. The molecule has 0 fully saturated rings. The van der Waals surface area contributed by atoms with Crippen LogP contribution in [-0.2, 0) is 4.79 Å². The SMILES string of the molecule is C=C(C)CN(CC)C(=O)CSc1nc2ccccc2c(=O)n1-c1ccc(OC)cc1. The zero-order valence-corrected chi connectivity index (χ0v) is 18.2. The second-order valence-electron chi connectivity index (χ2n) is 6.90. The highest BCUT2D eigenvalue weighted by Gasteiger charge is 2.17. The van der Waals surface area contributed by atoms with E-state index in [1.807, 2.05) is 38.1 Å². The third-order valence-corrected chi connectivity index (χ3v) is 5.52. The molecule has 0 unspecified atom stereocenters. The molecule has 156 valence electrons. The number of methoxy groups -OCH3 is 1. The van der Waals surface area contributed by atoms with E-state index in [2.05, 4.69) is 11.6 Å². The van der Waals surface area contributed by atoms with E-state index < -0.39 is 0 Å². The quantitative estimate of drug-likeness (QED) is 0.312. The molecule has 0 spiro atoms. The lowest BCUT2D eigenvalue weighted by Gasteiger charge is -2.21. The Balaban J connectivity index is 2.01. The lowest BCUT2D eigenvalue weighted by molar-refractivity contribution is -0.127. The van der Waals surface area contributed by atoms with E-state index in [1.165, 1.54) is 11.8 Å². The van der Waals surface area contributed by atoms with Gasteiger partial charge in [-0.05, 0) is 50.2 Å². The monoisotopic (exact) mass is 423 g/mol. The summed E-state index contributed by atoms with van der Waals surface area (Å²) >= 11 is 1.26. The minimum absolute atomic E-state index is 0.0193. The number of carbonyl (C=O) groups excluding carboxylic acids is 1. The van der Waals surface area contributed by atoms with Crippen LogP contribution >= 0.6 is 11.8 Å². The van der Waals surface area contributed by atoms with Crippen molar-refractivity contribution in [1.82, 2.24) is 14.5 Å². The van der Waals surface area contributed by atoms with Crippen LogP contribution in [-0.4, -0.2) is 46.3 Å². The fourth-order valence-electron chi connectivity index (χ4n) is 3.09. The molecular weight excluding hydrogens is 398 g/mol. The van der Waals surface area contributed by atoms with Crippen LogP contribution < -0.4 is 10.3 Å². The number of aromatic nitrogens is 2. The van der Waals surface area contributed by atoms with Gasteiger partial charge in [0, 0.05) is 13.1 Å². The Bertz CT molecular complexity index is 1120. The largest absolute Gasteiger partial charge is 0.497 e. The molecule has 6 nitrogen and oxygen atoms in total. The van der Waals surface area contributed by atoms with Gasteiger partial charge in [-0.1, -0.05) is 36.0 Å². The minimum Gasteiger partial charge on any atom is -0.497 e. The normalized spacial score (nSPS) is 10.8. The molecule has 0 aliphatic heterocycles. The van der Waals surface area contributed by atoms with Gasteiger partial charge >= 0.3 is 0 Å². The zero-order valence-electron chi connectivity index (χ0n) is 17.4. The summed E-state index contributed by atoms with van der Waals surface area (Å²) < 4.78 is 6.77. The summed E-state index contributed by atoms with van der Waals surface area (Å²) in [5.41, 5.74) is 2.03. The predicted octanol–water partition coefficient (Wildman–Crippen LogP) is 3.91. The van der Waals surface area contributed by atoms with E-state index in [0.717, 1.165) is 5.57 Å². The van der Waals surface area contributed by atoms with Crippen LogP contribution in [0.25, 0.3) is 16.6 Å². The van der Waals surface area contributed by atoms with Crippen molar-refractivity contribution >= 4 is 28.6 Å². The molecule has 0 bridgehead atoms. The lowest BCUT2D eigenvalue weighted by atomic mass is 10.2. The maximum absolute atomic E-state index is 13.3. The molecule has 7 heteroatoms. The van der Waals surface area contributed by atoms with Crippen LogP contribution in [0.2, 0.25) is 0 Å². The summed E-state index contributed by atoms with van der Waals surface area (Å²) in [4.78, 5) is 32.4. The number of amides is 1. The molecule has 3 rings (SSSR count). The predicted molar refractivity (Wildman–Crippen MR) is 122 cm³/mol. The number of hydrogen-bond donors (Lipinski definition) is 0. The number of nitrogens with zero attached hydrogens (tertiary/aromatic N) is 3. The van der Waals surface area contributed by atoms with Crippen LogP contribution in [0.3, 0.4) is 0 Å². The molecule has 0 atom stereocenters. The minimum atomic E-state index is -0.171. The molecule has 1 amide bonds. The van der Waals surface area contributed by atoms with Crippen molar-refractivity contribution in [2.75, 3.05) is 26.0 Å².